The molecule has 2 N–H and O–H groups in total. The van der Waals surface area contributed by atoms with Crippen LogP contribution in [0, 0.1) is 6.92 Å². The van der Waals surface area contributed by atoms with Gasteiger partial charge in [0.2, 0.25) is 0 Å². The Balaban J connectivity index is 1.90. The van der Waals surface area contributed by atoms with Gasteiger partial charge in [-0.25, -0.2) is 5.43 Å². The molecule has 0 saturated carbocycles. The van der Waals surface area contributed by atoms with Gasteiger partial charge in [-0.1, -0.05) is 11.6 Å². The largest absolute Gasteiger partial charge is 0.481 e. The summed E-state index contributed by atoms with van der Waals surface area (Å²) in [6, 6.07) is 8.93. The van der Waals surface area contributed by atoms with Crippen LogP contribution in [-0.4, -0.2) is 23.2 Å². The third-order valence-corrected chi connectivity index (χ3v) is 3.05. The number of ether oxygens (including phenoxy) is 1. The molecule has 5 nitrogen and oxygen atoms in total. The van der Waals surface area contributed by atoms with Crippen LogP contribution in [0.3, 0.4) is 0 Å². The van der Waals surface area contributed by atoms with E-state index in [0.717, 1.165) is 11.3 Å². The van der Waals surface area contributed by atoms with Crippen molar-refractivity contribution in [1.29, 1.82) is 0 Å². The first kappa shape index (κ1) is 15.1. The van der Waals surface area contributed by atoms with Crippen LogP contribution in [0.15, 0.2) is 41.6 Å². The normalized spacial score (nSPS) is 12.3. The topological polar surface area (TPSA) is 66.5 Å². The maximum absolute atomic E-state index is 11.9. The van der Waals surface area contributed by atoms with Crippen molar-refractivity contribution in [3.05, 3.63) is 52.8 Å². The van der Waals surface area contributed by atoms with Gasteiger partial charge in [-0.2, -0.15) is 5.10 Å². The number of aryl methyl sites for hydroxylation is 1. The highest BCUT2D eigenvalue weighted by molar-refractivity contribution is 6.30. The molecule has 0 spiro atoms. The van der Waals surface area contributed by atoms with E-state index in [9.17, 15) is 4.79 Å². The molecule has 0 aliphatic rings. The molecular weight excluding hydrogens is 290 g/mol. The number of rotatable bonds is 5. The fraction of sp³-hybridized carbons (Fsp3) is 0.200. The smallest absolute Gasteiger partial charge is 0.280 e. The SMILES string of the molecule is Cc1cc(Cl)ccc1OC(C)C(=O)NN=Cc1ccc[nH]1. The van der Waals surface area contributed by atoms with E-state index >= 15 is 0 Å². The van der Waals surface area contributed by atoms with E-state index in [-0.39, 0.29) is 5.91 Å². The van der Waals surface area contributed by atoms with Crippen LogP contribution >= 0.6 is 11.6 Å². The van der Waals surface area contributed by atoms with Gasteiger partial charge in [-0.05, 0) is 49.7 Å². The molecule has 0 aliphatic heterocycles. The minimum absolute atomic E-state index is 0.327. The number of hydrogen-bond donors (Lipinski definition) is 2. The molecule has 0 bridgehead atoms. The molecule has 0 fully saturated rings. The lowest BCUT2D eigenvalue weighted by molar-refractivity contribution is -0.127. The maximum atomic E-state index is 11.9. The number of benzene rings is 1. The Morgan fingerprint density at radius 1 is 1.48 bits per heavy atom. The minimum Gasteiger partial charge on any atom is -0.481 e. The number of H-pyrrole nitrogens is 1. The second-order valence-electron chi connectivity index (χ2n) is 4.53. The summed E-state index contributed by atoms with van der Waals surface area (Å²) in [7, 11) is 0. The van der Waals surface area contributed by atoms with Gasteiger partial charge < -0.3 is 9.72 Å². The zero-order valence-electron chi connectivity index (χ0n) is 11.8. The predicted molar refractivity (Wildman–Crippen MR) is 82.8 cm³/mol. The molecule has 1 heterocycles. The van der Waals surface area contributed by atoms with E-state index in [1.54, 1.807) is 31.3 Å². The second kappa shape index (κ2) is 6.95. The van der Waals surface area contributed by atoms with Crippen LogP contribution in [0.4, 0.5) is 0 Å². The molecule has 6 heteroatoms. The lowest BCUT2D eigenvalue weighted by Crippen LogP contribution is -2.33. The number of carbonyl (C=O) groups excluding carboxylic acids is 1. The summed E-state index contributed by atoms with van der Waals surface area (Å²) < 4.78 is 5.60. The number of hydrazone groups is 1. The lowest BCUT2D eigenvalue weighted by Gasteiger charge is -2.14. The van der Waals surface area contributed by atoms with Gasteiger partial charge in [0.05, 0.1) is 11.9 Å². The molecule has 0 radical (unpaired) electrons. The average Bonchev–Trinajstić information content (AvgIpc) is 2.95. The Kier molecular flexibility index (Phi) is 5.00. The quantitative estimate of drug-likeness (QED) is 0.659. The Morgan fingerprint density at radius 3 is 2.95 bits per heavy atom. The third kappa shape index (κ3) is 4.36. The van der Waals surface area contributed by atoms with Crippen molar-refractivity contribution in [1.82, 2.24) is 10.4 Å². The minimum atomic E-state index is -0.661. The van der Waals surface area contributed by atoms with Crippen LogP contribution in [0.5, 0.6) is 5.75 Å². The Bertz CT molecular complexity index is 638. The van der Waals surface area contributed by atoms with Crippen molar-refractivity contribution in [3.63, 3.8) is 0 Å². The zero-order valence-corrected chi connectivity index (χ0v) is 12.5. The Labute approximate surface area is 128 Å². The number of nitrogens with one attached hydrogen (secondary N) is 2. The van der Waals surface area contributed by atoms with Gasteiger partial charge in [0, 0.05) is 11.2 Å². The fourth-order valence-corrected chi connectivity index (χ4v) is 1.90. The number of amides is 1. The molecule has 1 aromatic carbocycles. The van der Waals surface area contributed by atoms with Crippen molar-refractivity contribution < 1.29 is 9.53 Å². The van der Waals surface area contributed by atoms with Gasteiger partial charge in [0.1, 0.15) is 5.75 Å². The second-order valence-corrected chi connectivity index (χ2v) is 4.97. The van der Waals surface area contributed by atoms with Gasteiger partial charge in [-0.15, -0.1) is 0 Å². The van der Waals surface area contributed by atoms with E-state index in [2.05, 4.69) is 15.5 Å². The van der Waals surface area contributed by atoms with Crippen molar-refractivity contribution in [3.8, 4) is 5.75 Å². The highest BCUT2D eigenvalue weighted by Gasteiger charge is 2.15. The fourth-order valence-electron chi connectivity index (χ4n) is 1.67. The summed E-state index contributed by atoms with van der Waals surface area (Å²) >= 11 is 5.88. The summed E-state index contributed by atoms with van der Waals surface area (Å²) in [6.07, 6.45) is 2.64. The maximum Gasteiger partial charge on any atom is 0.280 e. The molecule has 1 amide bonds. The van der Waals surface area contributed by atoms with Crippen LogP contribution in [-0.2, 0) is 4.79 Å². The van der Waals surface area contributed by atoms with E-state index in [1.807, 2.05) is 19.1 Å². The number of nitrogens with zero attached hydrogens (tertiary/aromatic N) is 1. The first-order chi connectivity index (χ1) is 10.1. The van der Waals surface area contributed by atoms with E-state index in [0.29, 0.717) is 10.8 Å². The first-order valence-corrected chi connectivity index (χ1v) is 6.83. The molecule has 1 aromatic heterocycles. The van der Waals surface area contributed by atoms with Crippen LogP contribution in [0.1, 0.15) is 18.2 Å². The summed E-state index contributed by atoms with van der Waals surface area (Å²) in [5, 5.41) is 4.49. The molecule has 1 atom stereocenters. The number of aromatic amines is 1. The summed E-state index contributed by atoms with van der Waals surface area (Å²) in [5.41, 5.74) is 4.11. The molecule has 0 saturated heterocycles. The third-order valence-electron chi connectivity index (χ3n) is 2.81. The van der Waals surface area contributed by atoms with Gasteiger partial charge in [0.25, 0.3) is 5.91 Å². The van der Waals surface area contributed by atoms with E-state index in [4.69, 9.17) is 16.3 Å². The standard InChI is InChI=1S/C15H16ClN3O2/c1-10-8-12(16)5-6-14(10)21-11(2)15(20)19-18-9-13-4-3-7-17-13/h3-9,11,17H,1-2H3,(H,19,20). The molecule has 110 valence electrons. The molecule has 2 rings (SSSR count). The zero-order chi connectivity index (χ0) is 15.2. The molecule has 1 unspecified atom stereocenters. The lowest BCUT2D eigenvalue weighted by atomic mass is 10.2. The average molecular weight is 306 g/mol. The van der Waals surface area contributed by atoms with E-state index < -0.39 is 6.10 Å². The highest BCUT2D eigenvalue weighted by atomic mass is 35.5. The van der Waals surface area contributed by atoms with Gasteiger partial charge >= 0.3 is 0 Å². The Morgan fingerprint density at radius 2 is 2.29 bits per heavy atom. The number of halogens is 1. The van der Waals surface area contributed by atoms with Crippen molar-refractivity contribution in [2.75, 3.05) is 0 Å². The molecule has 21 heavy (non-hydrogen) atoms. The van der Waals surface area contributed by atoms with Gasteiger partial charge in [0.15, 0.2) is 6.10 Å². The molecular formula is C15H16ClN3O2. The molecule has 2 aromatic rings. The van der Waals surface area contributed by atoms with Crippen LogP contribution in [0.25, 0.3) is 0 Å². The van der Waals surface area contributed by atoms with Crippen molar-refractivity contribution in [2.24, 2.45) is 5.10 Å². The van der Waals surface area contributed by atoms with Crippen molar-refractivity contribution in [2.45, 2.75) is 20.0 Å². The summed E-state index contributed by atoms with van der Waals surface area (Å²) in [6.45, 7) is 3.53. The van der Waals surface area contributed by atoms with Gasteiger partial charge in [-0.3, -0.25) is 4.79 Å². The van der Waals surface area contributed by atoms with Crippen LogP contribution in [0.2, 0.25) is 5.02 Å². The predicted octanol–water partition coefficient (Wildman–Crippen LogP) is 2.89. The van der Waals surface area contributed by atoms with Crippen LogP contribution < -0.4 is 10.2 Å². The summed E-state index contributed by atoms with van der Waals surface area (Å²) in [4.78, 5) is 14.8. The highest BCUT2D eigenvalue weighted by Crippen LogP contribution is 2.22. The molecule has 0 aliphatic carbocycles. The number of carbonyl (C=O) groups is 1. The number of aromatic nitrogens is 1. The summed E-state index contributed by atoms with van der Waals surface area (Å²) in [5.74, 6) is 0.294. The van der Waals surface area contributed by atoms with E-state index in [1.165, 1.54) is 6.21 Å². The van der Waals surface area contributed by atoms with Crippen molar-refractivity contribution >= 4 is 23.7 Å². The number of hydrogen-bond acceptors (Lipinski definition) is 3. The first-order valence-electron chi connectivity index (χ1n) is 6.45. The Hall–Kier alpha value is -2.27. The monoisotopic (exact) mass is 305 g/mol.